The van der Waals surface area contributed by atoms with Gasteiger partial charge in [0.25, 0.3) is 0 Å². The minimum absolute atomic E-state index is 0.0577. The third-order valence-corrected chi connectivity index (χ3v) is 1.90. The number of carboxylic acid groups (broad SMARTS) is 1. The summed E-state index contributed by atoms with van der Waals surface area (Å²) >= 11 is 0. The van der Waals surface area contributed by atoms with Crippen LogP contribution in [0.15, 0.2) is 12.4 Å². The van der Waals surface area contributed by atoms with Crippen LogP contribution in [0.3, 0.4) is 0 Å². The van der Waals surface area contributed by atoms with Gasteiger partial charge in [-0.3, -0.25) is 9.48 Å². The molecule has 13 heavy (non-hydrogen) atoms. The molecule has 0 saturated heterocycles. The van der Waals surface area contributed by atoms with E-state index in [2.05, 4.69) is 5.10 Å². The van der Waals surface area contributed by atoms with Crippen molar-refractivity contribution in [2.75, 3.05) is 6.54 Å². The van der Waals surface area contributed by atoms with Gasteiger partial charge < -0.3 is 10.8 Å². The third-order valence-electron chi connectivity index (χ3n) is 1.90. The molecule has 72 valence electrons. The lowest BCUT2D eigenvalue weighted by atomic mass is 9.99. The van der Waals surface area contributed by atoms with Crippen LogP contribution < -0.4 is 5.73 Å². The number of carbonyl (C=O) groups is 1. The molecule has 1 atom stereocenters. The molecule has 0 radical (unpaired) electrons. The fourth-order valence-corrected chi connectivity index (χ4v) is 1.20. The molecule has 1 rings (SSSR count). The van der Waals surface area contributed by atoms with Crippen LogP contribution in [0.1, 0.15) is 17.9 Å². The molecule has 1 aromatic rings. The number of hydrogen-bond donors (Lipinski definition) is 2. The van der Waals surface area contributed by atoms with Gasteiger partial charge >= 0.3 is 5.97 Å². The maximum Gasteiger partial charge on any atom is 0.304 e. The molecule has 5 heteroatoms. The van der Waals surface area contributed by atoms with Crippen molar-refractivity contribution in [3.8, 4) is 0 Å². The Morgan fingerprint density at radius 2 is 2.54 bits per heavy atom. The smallest absolute Gasteiger partial charge is 0.304 e. The summed E-state index contributed by atoms with van der Waals surface area (Å²) in [4.78, 5) is 10.5. The number of carboxylic acids is 1. The van der Waals surface area contributed by atoms with E-state index >= 15 is 0 Å². The average Bonchev–Trinajstić information content (AvgIpc) is 2.47. The van der Waals surface area contributed by atoms with Crippen LogP contribution >= 0.6 is 0 Å². The first-order valence-corrected chi connectivity index (χ1v) is 4.04. The molecule has 0 amide bonds. The van der Waals surface area contributed by atoms with Gasteiger partial charge in [0, 0.05) is 19.2 Å². The van der Waals surface area contributed by atoms with Crippen LogP contribution in [0, 0.1) is 0 Å². The van der Waals surface area contributed by atoms with Crippen LogP contribution in [0.25, 0.3) is 0 Å². The van der Waals surface area contributed by atoms with Crippen molar-refractivity contribution in [3.05, 3.63) is 18.0 Å². The van der Waals surface area contributed by atoms with Crippen molar-refractivity contribution < 1.29 is 9.90 Å². The second-order valence-electron chi connectivity index (χ2n) is 2.98. The molecule has 0 aliphatic carbocycles. The number of hydrogen-bond acceptors (Lipinski definition) is 3. The quantitative estimate of drug-likeness (QED) is 0.685. The first-order valence-electron chi connectivity index (χ1n) is 4.04. The van der Waals surface area contributed by atoms with Crippen molar-refractivity contribution >= 4 is 5.97 Å². The SMILES string of the molecule is Cn1cc(C(CN)CC(=O)O)cn1. The zero-order chi connectivity index (χ0) is 9.84. The summed E-state index contributed by atoms with van der Waals surface area (Å²) in [6.45, 7) is 0.331. The number of rotatable bonds is 4. The zero-order valence-corrected chi connectivity index (χ0v) is 7.47. The summed E-state index contributed by atoms with van der Waals surface area (Å²) in [6.07, 6.45) is 3.50. The summed E-state index contributed by atoms with van der Waals surface area (Å²) in [6, 6.07) is 0. The first kappa shape index (κ1) is 9.73. The summed E-state index contributed by atoms with van der Waals surface area (Å²) < 4.78 is 1.64. The van der Waals surface area contributed by atoms with Gasteiger partial charge in [-0.15, -0.1) is 0 Å². The predicted octanol–water partition coefficient (Wildman–Crippen LogP) is -0.0629. The van der Waals surface area contributed by atoms with E-state index in [1.165, 1.54) is 0 Å². The van der Waals surface area contributed by atoms with Crippen molar-refractivity contribution in [1.82, 2.24) is 9.78 Å². The van der Waals surface area contributed by atoms with Gasteiger partial charge in [-0.1, -0.05) is 0 Å². The van der Waals surface area contributed by atoms with Crippen LogP contribution in [-0.2, 0) is 11.8 Å². The van der Waals surface area contributed by atoms with Crippen LogP contribution in [-0.4, -0.2) is 27.4 Å². The average molecular weight is 183 g/mol. The minimum Gasteiger partial charge on any atom is -0.481 e. The van der Waals surface area contributed by atoms with Gasteiger partial charge in [-0.2, -0.15) is 5.10 Å². The fourth-order valence-electron chi connectivity index (χ4n) is 1.20. The summed E-state index contributed by atoms with van der Waals surface area (Å²) in [5.74, 6) is -0.967. The molecule has 1 aromatic heterocycles. The van der Waals surface area contributed by atoms with E-state index < -0.39 is 5.97 Å². The molecule has 0 aliphatic heterocycles. The lowest BCUT2D eigenvalue weighted by Crippen LogP contribution is -2.15. The molecule has 0 aliphatic rings. The molecule has 5 nitrogen and oxygen atoms in total. The van der Waals surface area contributed by atoms with E-state index in [0.717, 1.165) is 5.56 Å². The molecule has 0 spiro atoms. The van der Waals surface area contributed by atoms with E-state index in [4.69, 9.17) is 10.8 Å². The second-order valence-corrected chi connectivity index (χ2v) is 2.98. The van der Waals surface area contributed by atoms with Gasteiger partial charge in [-0.05, 0) is 12.1 Å². The van der Waals surface area contributed by atoms with Crippen LogP contribution in [0.4, 0.5) is 0 Å². The molecular formula is C8H13N3O2. The van der Waals surface area contributed by atoms with E-state index in [-0.39, 0.29) is 12.3 Å². The molecule has 0 fully saturated rings. The van der Waals surface area contributed by atoms with Crippen molar-refractivity contribution in [3.63, 3.8) is 0 Å². The summed E-state index contributed by atoms with van der Waals surface area (Å²) in [5.41, 5.74) is 6.34. The normalized spacial score (nSPS) is 12.8. The molecule has 0 aromatic carbocycles. The fraction of sp³-hybridized carbons (Fsp3) is 0.500. The molecule has 1 heterocycles. The largest absolute Gasteiger partial charge is 0.481 e. The Hall–Kier alpha value is -1.36. The number of aryl methyl sites for hydroxylation is 1. The number of aliphatic carboxylic acids is 1. The lowest BCUT2D eigenvalue weighted by Gasteiger charge is -2.08. The van der Waals surface area contributed by atoms with Gasteiger partial charge in [0.2, 0.25) is 0 Å². The van der Waals surface area contributed by atoms with E-state index in [0.29, 0.717) is 6.54 Å². The standard InChI is InChI=1S/C8H13N3O2/c1-11-5-7(4-10-11)6(3-9)2-8(12)13/h4-6H,2-3,9H2,1H3,(H,12,13). The highest BCUT2D eigenvalue weighted by Gasteiger charge is 2.14. The lowest BCUT2D eigenvalue weighted by molar-refractivity contribution is -0.137. The van der Waals surface area contributed by atoms with Gasteiger partial charge in [0.05, 0.1) is 12.6 Å². The number of nitrogens with two attached hydrogens (primary N) is 1. The van der Waals surface area contributed by atoms with Crippen molar-refractivity contribution in [1.29, 1.82) is 0 Å². The van der Waals surface area contributed by atoms with Crippen LogP contribution in [0.5, 0.6) is 0 Å². The Morgan fingerprint density at radius 3 is 2.92 bits per heavy atom. The van der Waals surface area contributed by atoms with E-state index in [1.807, 2.05) is 0 Å². The maximum absolute atomic E-state index is 10.5. The number of aromatic nitrogens is 2. The molecule has 0 saturated carbocycles. The third kappa shape index (κ3) is 2.55. The Balaban J connectivity index is 2.72. The highest BCUT2D eigenvalue weighted by atomic mass is 16.4. The summed E-state index contributed by atoms with van der Waals surface area (Å²) in [5, 5.41) is 12.6. The van der Waals surface area contributed by atoms with Crippen LogP contribution in [0.2, 0.25) is 0 Å². The Labute approximate surface area is 76.2 Å². The van der Waals surface area contributed by atoms with Crippen molar-refractivity contribution in [2.24, 2.45) is 12.8 Å². The first-order chi connectivity index (χ1) is 6.13. The second kappa shape index (κ2) is 4.04. The van der Waals surface area contributed by atoms with Gasteiger partial charge in [-0.25, -0.2) is 0 Å². The predicted molar refractivity (Wildman–Crippen MR) is 47.3 cm³/mol. The van der Waals surface area contributed by atoms with Crippen molar-refractivity contribution in [2.45, 2.75) is 12.3 Å². The zero-order valence-electron chi connectivity index (χ0n) is 7.47. The van der Waals surface area contributed by atoms with Gasteiger partial charge in [0.1, 0.15) is 0 Å². The Kier molecular flexibility index (Phi) is 3.02. The van der Waals surface area contributed by atoms with Gasteiger partial charge in [0.15, 0.2) is 0 Å². The Bertz CT molecular complexity index is 295. The highest BCUT2D eigenvalue weighted by molar-refractivity contribution is 5.68. The van der Waals surface area contributed by atoms with E-state index in [1.54, 1.807) is 24.1 Å². The topological polar surface area (TPSA) is 81.1 Å². The van der Waals surface area contributed by atoms with E-state index in [9.17, 15) is 4.79 Å². The Morgan fingerprint density at radius 1 is 1.85 bits per heavy atom. The highest BCUT2D eigenvalue weighted by Crippen LogP contribution is 2.16. The maximum atomic E-state index is 10.5. The molecule has 1 unspecified atom stereocenters. The summed E-state index contributed by atoms with van der Waals surface area (Å²) in [7, 11) is 1.79. The molecule has 0 bridgehead atoms. The number of nitrogens with zero attached hydrogens (tertiary/aromatic N) is 2. The minimum atomic E-state index is -0.834. The molecule has 3 N–H and O–H groups in total. The molecular weight excluding hydrogens is 170 g/mol. The monoisotopic (exact) mass is 183 g/mol.